The summed E-state index contributed by atoms with van der Waals surface area (Å²) in [6, 6.07) is 18.5. The van der Waals surface area contributed by atoms with Crippen molar-refractivity contribution in [3.63, 3.8) is 0 Å². The van der Waals surface area contributed by atoms with Gasteiger partial charge in [0.2, 0.25) is 0 Å². The highest BCUT2D eigenvalue weighted by atomic mass is 35.5. The Hall–Kier alpha value is -3.42. The number of para-hydroxylation sites is 1. The molecule has 0 bridgehead atoms. The van der Waals surface area contributed by atoms with Crippen LogP contribution in [-0.2, 0) is 13.2 Å². The highest BCUT2D eigenvalue weighted by molar-refractivity contribution is 6.31. The van der Waals surface area contributed by atoms with Crippen LogP contribution in [0, 0.1) is 5.82 Å². The molecule has 3 aromatic rings. The summed E-state index contributed by atoms with van der Waals surface area (Å²) in [6.07, 6.45) is 0. The Labute approximate surface area is 202 Å². The van der Waals surface area contributed by atoms with Crippen LogP contribution in [0.2, 0.25) is 5.02 Å². The minimum absolute atomic E-state index is 0.0427. The molecule has 1 heterocycles. The van der Waals surface area contributed by atoms with E-state index in [0.717, 1.165) is 11.1 Å². The average molecular weight is 482 g/mol. The molecule has 4 rings (SSSR count). The number of carbonyl (C=O) groups excluding carboxylic acids is 2. The zero-order chi connectivity index (χ0) is 24.1. The van der Waals surface area contributed by atoms with E-state index in [0.29, 0.717) is 54.6 Å². The number of rotatable bonds is 7. The summed E-state index contributed by atoms with van der Waals surface area (Å²) in [4.78, 5) is 28.7. The first kappa shape index (κ1) is 23.7. The minimum Gasteiger partial charge on any atom is -0.488 e. The fourth-order valence-corrected chi connectivity index (χ4v) is 4.16. The number of halogens is 2. The van der Waals surface area contributed by atoms with Gasteiger partial charge in [0.1, 0.15) is 18.2 Å². The molecule has 0 aromatic heterocycles. The molecule has 1 aliphatic heterocycles. The van der Waals surface area contributed by atoms with Gasteiger partial charge in [0.25, 0.3) is 11.8 Å². The Kier molecular flexibility index (Phi) is 7.45. The van der Waals surface area contributed by atoms with Gasteiger partial charge in [-0.1, -0.05) is 41.9 Å². The molecular weight excluding hydrogens is 457 g/mol. The van der Waals surface area contributed by atoms with Crippen molar-refractivity contribution in [1.29, 1.82) is 0 Å². The second kappa shape index (κ2) is 10.7. The lowest BCUT2D eigenvalue weighted by Crippen LogP contribution is -2.48. The lowest BCUT2D eigenvalue weighted by molar-refractivity contribution is 0.0628. The molecule has 176 valence electrons. The number of benzene rings is 3. The molecule has 2 N–H and O–H groups in total. The average Bonchev–Trinajstić information content (AvgIpc) is 2.85. The third-order valence-electron chi connectivity index (χ3n) is 5.79. The molecule has 0 saturated carbocycles. The standard InChI is InChI=1S/C26H25ClFN3O3/c27-23-15-21(28)9-8-20(23)16-30-10-12-31(13-11-30)26(33)19-5-3-4-18(14-19)17-34-24-7-2-1-6-22(24)25(29)32/h1-9,14-15H,10-13,16-17H2,(H2,29,32). The molecular formula is C26H25ClFN3O3. The Balaban J connectivity index is 1.34. The number of piperazine rings is 1. The smallest absolute Gasteiger partial charge is 0.253 e. The van der Waals surface area contributed by atoms with Crippen molar-refractivity contribution in [2.45, 2.75) is 13.2 Å². The summed E-state index contributed by atoms with van der Waals surface area (Å²) in [7, 11) is 0. The van der Waals surface area contributed by atoms with E-state index in [1.54, 1.807) is 42.5 Å². The molecule has 8 heteroatoms. The fourth-order valence-electron chi connectivity index (χ4n) is 3.93. The summed E-state index contributed by atoms with van der Waals surface area (Å²) in [5.74, 6) is -0.544. The van der Waals surface area contributed by atoms with E-state index < -0.39 is 5.91 Å². The van der Waals surface area contributed by atoms with Gasteiger partial charge in [-0.05, 0) is 47.5 Å². The van der Waals surface area contributed by atoms with Crippen LogP contribution in [-0.4, -0.2) is 47.8 Å². The van der Waals surface area contributed by atoms with E-state index in [-0.39, 0.29) is 18.3 Å². The monoisotopic (exact) mass is 481 g/mol. The van der Waals surface area contributed by atoms with Crippen LogP contribution in [0.15, 0.2) is 66.7 Å². The summed E-state index contributed by atoms with van der Waals surface area (Å²) in [5, 5.41) is 0.413. The van der Waals surface area contributed by atoms with Crippen LogP contribution in [0.1, 0.15) is 31.8 Å². The molecule has 6 nitrogen and oxygen atoms in total. The van der Waals surface area contributed by atoms with Crippen LogP contribution in [0.4, 0.5) is 4.39 Å². The summed E-state index contributed by atoms with van der Waals surface area (Å²) < 4.78 is 19.1. The third kappa shape index (κ3) is 5.73. The summed E-state index contributed by atoms with van der Waals surface area (Å²) >= 11 is 6.15. The van der Waals surface area contributed by atoms with Gasteiger partial charge in [-0.3, -0.25) is 14.5 Å². The highest BCUT2D eigenvalue weighted by Crippen LogP contribution is 2.21. The Morgan fingerprint density at radius 1 is 0.971 bits per heavy atom. The molecule has 3 aromatic carbocycles. The van der Waals surface area contributed by atoms with Gasteiger partial charge in [0.15, 0.2) is 0 Å². The molecule has 1 fully saturated rings. The number of nitrogens with two attached hydrogens (primary N) is 1. The van der Waals surface area contributed by atoms with Crippen LogP contribution in [0.3, 0.4) is 0 Å². The first-order valence-corrected chi connectivity index (χ1v) is 11.3. The molecule has 1 saturated heterocycles. The maximum Gasteiger partial charge on any atom is 0.253 e. The van der Waals surface area contributed by atoms with Crippen molar-refractivity contribution in [3.05, 3.63) is 99.8 Å². The van der Waals surface area contributed by atoms with Gasteiger partial charge in [-0.2, -0.15) is 0 Å². The van der Waals surface area contributed by atoms with Crippen LogP contribution >= 0.6 is 11.6 Å². The minimum atomic E-state index is -0.555. The van der Waals surface area contributed by atoms with Gasteiger partial charge < -0.3 is 15.4 Å². The lowest BCUT2D eigenvalue weighted by Gasteiger charge is -2.35. The Morgan fingerprint density at radius 2 is 1.74 bits per heavy atom. The van der Waals surface area contributed by atoms with Crippen molar-refractivity contribution in [3.8, 4) is 5.75 Å². The number of nitrogens with zero attached hydrogens (tertiary/aromatic N) is 2. The van der Waals surface area contributed by atoms with Gasteiger partial charge in [0, 0.05) is 43.3 Å². The number of ether oxygens (including phenoxy) is 1. The number of carbonyl (C=O) groups is 2. The highest BCUT2D eigenvalue weighted by Gasteiger charge is 2.23. The van der Waals surface area contributed by atoms with Crippen molar-refractivity contribution < 1.29 is 18.7 Å². The van der Waals surface area contributed by atoms with Crippen LogP contribution < -0.4 is 10.5 Å². The lowest BCUT2D eigenvalue weighted by atomic mass is 10.1. The molecule has 34 heavy (non-hydrogen) atoms. The second-order valence-electron chi connectivity index (χ2n) is 8.15. The predicted octanol–water partition coefficient (Wildman–Crippen LogP) is 4.12. The topological polar surface area (TPSA) is 75.9 Å². The summed E-state index contributed by atoms with van der Waals surface area (Å²) in [6.45, 7) is 3.39. The third-order valence-corrected chi connectivity index (χ3v) is 6.14. The summed E-state index contributed by atoms with van der Waals surface area (Å²) in [5.41, 5.74) is 7.98. The number of hydrogen-bond acceptors (Lipinski definition) is 4. The largest absolute Gasteiger partial charge is 0.488 e. The van der Waals surface area contributed by atoms with E-state index in [1.807, 2.05) is 17.0 Å². The zero-order valence-corrected chi connectivity index (χ0v) is 19.3. The van der Waals surface area contributed by atoms with Gasteiger partial charge in [-0.25, -0.2) is 4.39 Å². The van der Waals surface area contributed by atoms with Gasteiger partial charge in [-0.15, -0.1) is 0 Å². The van der Waals surface area contributed by atoms with E-state index >= 15 is 0 Å². The molecule has 0 unspecified atom stereocenters. The quantitative estimate of drug-likeness (QED) is 0.551. The molecule has 0 spiro atoms. The second-order valence-corrected chi connectivity index (χ2v) is 8.56. The van der Waals surface area contributed by atoms with Crippen LogP contribution in [0.5, 0.6) is 5.75 Å². The van der Waals surface area contributed by atoms with E-state index in [2.05, 4.69) is 4.90 Å². The van der Waals surface area contributed by atoms with Gasteiger partial charge >= 0.3 is 0 Å². The van der Waals surface area contributed by atoms with Crippen molar-refractivity contribution >= 4 is 23.4 Å². The van der Waals surface area contributed by atoms with Crippen molar-refractivity contribution in [2.24, 2.45) is 5.73 Å². The fraction of sp³-hybridized carbons (Fsp3) is 0.231. The molecule has 0 atom stereocenters. The van der Waals surface area contributed by atoms with Crippen molar-refractivity contribution in [2.75, 3.05) is 26.2 Å². The van der Waals surface area contributed by atoms with Crippen LogP contribution in [0.25, 0.3) is 0 Å². The predicted molar refractivity (Wildman–Crippen MR) is 128 cm³/mol. The Bertz CT molecular complexity index is 1200. The van der Waals surface area contributed by atoms with Gasteiger partial charge in [0.05, 0.1) is 5.56 Å². The first-order chi connectivity index (χ1) is 16.4. The molecule has 1 aliphatic rings. The first-order valence-electron chi connectivity index (χ1n) is 11.0. The number of amides is 2. The number of hydrogen-bond donors (Lipinski definition) is 1. The maximum absolute atomic E-state index is 13.3. The normalized spacial score (nSPS) is 14.1. The van der Waals surface area contributed by atoms with E-state index in [9.17, 15) is 14.0 Å². The molecule has 0 aliphatic carbocycles. The van der Waals surface area contributed by atoms with E-state index in [4.69, 9.17) is 22.1 Å². The van der Waals surface area contributed by atoms with Crippen molar-refractivity contribution in [1.82, 2.24) is 9.80 Å². The Morgan fingerprint density at radius 3 is 2.47 bits per heavy atom. The maximum atomic E-state index is 13.3. The molecule has 2 amide bonds. The zero-order valence-electron chi connectivity index (χ0n) is 18.5. The molecule has 0 radical (unpaired) electrons. The van der Waals surface area contributed by atoms with E-state index in [1.165, 1.54) is 12.1 Å². The number of primary amides is 1. The SMILES string of the molecule is NC(=O)c1ccccc1OCc1cccc(C(=O)N2CCN(Cc3ccc(F)cc3Cl)CC2)c1.